The zero-order valence-corrected chi connectivity index (χ0v) is 11.5. The molecule has 1 amide bonds. The van der Waals surface area contributed by atoms with E-state index in [1.165, 1.54) is 0 Å². The fraction of sp³-hybridized carbons (Fsp3) is 0.615. The molecule has 1 aromatic heterocycles. The van der Waals surface area contributed by atoms with E-state index in [1.807, 2.05) is 6.92 Å². The molecular weight excluding hydrogens is 246 g/mol. The molecule has 1 saturated heterocycles. The monoisotopic (exact) mass is 265 g/mol. The van der Waals surface area contributed by atoms with Crippen LogP contribution in [0.3, 0.4) is 0 Å². The van der Waals surface area contributed by atoms with Crippen molar-refractivity contribution in [2.75, 3.05) is 6.54 Å². The van der Waals surface area contributed by atoms with Crippen LogP contribution in [0.15, 0.2) is 6.07 Å². The SMILES string of the molecule is CCc1cc(C(=O)N2CCC(C(=O)O)C2C)n(C)n1. The molecule has 2 rings (SSSR count). The van der Waals surface area contributed by atoms with E-state index >= 15 is 0 Å². The lowest BCUT2D eigenvalue weighted by molar-refractivity contribution is -0.142. The Morgan fingerprint density at radius 3 is 2.68 bits per heavy atom. The van der Waals surface area contributed by atoms with Crippen molar-refractivity contribution < 1.29 is 14.7 Å². The molecule has 0 bridgehead atoms. The molecule has 0 saturated carbocycles. The highest BCUT2D eigenvalue weighted by atomic mass is 16.4. The topological polar surface area (TPSA) is 75.4 Å². The second-order valence-corrected chi connectivity index (χ2v) is 4.97. The second-order valence-electron chi connectivity index (χ2n) is 4.97. The zero-order valence-electron chi connectivity index (χ0n) is 11.5. The maximum absolute atomic E-state index is 12.4. The van der Waals surface area contributed by atoms with Gasteiger partial charge in [0.05, 0.1) is 11.6 Å². The minimum absolute atomic E-state index is 0.133. The number of likely N-dealkylation sites (tertiary alicyclic amines) is 1. The Labute approximate surface area is 112 Å². The van der Waals surface area contributed by atoms with Gasteiger partial charge in [-0.25, -0.2) is 0 Å². The molecule has 2 heterocycles. The van der Waals surface area contributed by atoms with Crippen molar-refractivity contribution in [2.45, 2.75) is 32.7 Å². The number of carboxylic acid groups (broad SMARTS) is 1. The Morgan fingerprint density at radius 2 is 2.21 bits per heavy atom. The van der Waals surface area contributed by atoms with Gasteiger partial charge in [0, 0.05) is 19.6 Å². The van der Waals surface area contributed by atoms with Crippen LogP contribution in [0.5, 0.6) is 0 Å². The highest BCUT2D eigenvalue weighted by molar-refractivity contribution is 5.93. The Balaban J connectivity index is 2.20. The Hall–Kier alpha value is -1.85. The molecule has 0 aromatic carbocycles. The van der Waals surface area contributed by atoms with Gasteiger partial charge in [0.2, 0.25) is 0 Å². The van der Waals surface area contributed by atoms with Gasteiger partial charge in [-0.3, -0.25) is 14.3 Å². The summed E-state index contributed by atoms with van der Waals surface area (Å²) in [6.45, 7) is 4.26. The van der Waals surface area contributed by atoms with E-state index in [0.717, 1.165) is 12.1 Å². The third-order valence-electron chi connectivity index (χ3n) is 3.84. The Kier molecular flexibility index (Phi) is 3.59. The van der Waals surface area contributed by atoms with Crippen LogP contribution in [-0.2, 0) is 18.3 Å². The molecule has 2 atom stereocenters. The first-order chi connectivity index (χ1) is 8.95. The summed E-state index contributed by atoms with van der Waals surface area (Å²) >= 11 is 0. The number of carbonyl (C=O) groups excluding carboxylic acids is 1. The molecular formula is C13H19N3O3. The lowest BCUT2D eigenvalue weighted by Gasteiger charge is -2.23. The molecule has 6 heteroatoms. The minimum Gasteiger partial charge on any atom is -0.481 e. The van der Waals surface area contributed by atoms with Gasteiger partial charge in [0.15, 0.2) is 0 Å². The van der Waals surface area contributed by atoms with E-state index in [2.05, 4.69) is 5.10 Å². The molecule has 2 unspecified atom stereocenters. The van der Waals surface area contributed by atoms with Gasteiger partial charge < -0.3 is 10.0 Å². The van der Waals surface area contributed by atoms with Gasteiger partial charge in [0.1, 0.15) is 5.69 Å². The number of aryl methyl sites for hydroxylation is 2. The maximum atomic E-state index is 12.4. The quantitative estimate of drug-likeness (QED) is 0.881. The van der Waals surface area contributed by atoms with Crippen molar-refractivity contribution in [2.24, 2.45) is 13.0 Å². The molecule has 0 radical (unpaired) electrons. The highest BCUT2D eigenvalue weighted by Crippen LogP contribution is 2.26. The van der Waals surface area contributed by atoms with Gasteiger partial charge >= 0.3 is 5.97 Å². The largest absolute Gasteiger partial charge is 0.481 e. The second kappa shape index (κ2) is 5.03. The predicted octanol–water partition coefficient (Wildman–Crippen LogP) is 0.918. The van der Waals surface area contributed by atoms with E-state index in [1.54, 1.807) is 29.6 Å². The standard InChI is InChI=1S/C13H19N3O3/c1-4-9-7-11(15(3)14-9)12(17)16-6-5-10(8(16)2)13(18)19/h7-8,10H,4-6H2,1-3H3,(H,18,19). The number of nitrogens with zero attached hydrogens (tertiary/aromatic N) is 3. The van der Waals surface area contributed by atoms with Crippen LogP contribution in [-0.4, -0.2) is 44.3 Å². The summed E-state index contributed by atoms with van der Waals surface area (Å²) in [7, 11) is 1.74. The van der Waals surface area contributed by atoms with Gasteiger partial charge in [-0.05, 0) is 25.8 Å². The van der Waals surface area contributed by atoms with Gasteiger partial charge in [-0.1, -0.05) is 6.92 Å². The van der Waals surface area contributed by atoms with Crippen molar-refractivity contribution >= 4 is 11.9 Å². The van der Waals surface area contributed by atoms with Crippen molar-refractivity contribution in [3.05, 3.63) is 17.5 Å². The van der Waals surface area contributed by atoms with Gasteiger partial charge in [0.25, 0.3) is 5.91 Å². The fourth-order valence-electron chi connectivity index (χ4n) is 2.60. The maximum Gasteiger partial charge on any atom is 0.308 e. The van der Waals surface area contributed by atoms with Crippen LogP contribution in [0.25, 0.3) is 0 Å². The summed E-state index contributed by atoms with van der Waals surface area (Å²) < 4.78 is 1.57. The lowest BCUT2D eigenvalue weighted by Crippen LogP contribution is -2.38. The van der Waals surface area contributed by atoms with E-state index < -0.39 is 11.9 Å². The molecule has 104 valence electrons. The van der Waals surface area contributed by atoms with Crippen LogP contribution >= 0.6 is 0 Å². The average Bonchev–Trinajstić information content (AvgIpc) is 2.91. The number of aliphatic carboxylic acids is 1. The molecule has 0 aliphatic carbocycles. The van der Waals surface area contributed by atoms with E-state index in [4.69, 9.17) is 5.11 Å². The van der Waals surface area contributed by atoms with Crippen molar-refractivity contribution in [3.63, 3.8) is 0 Å². The summed E-state index contributed by atoms with van der Waals surface area (Å²) in [4.78, 5) is 25.2. The smallest absolute Gasteiger partial charge is 0.308 e. The average molecular weight is 265 g/mol. The number of hydrogen-bond donors (Lipinski definition) is 1. The number of amides is 1. The molecule has 6 nitrogen and oxygen atoms in total. The van der Waals surface area contributed by atoms with Crippen LogP contribution in [0.2, 0.25) is 0 Å². The summed E-state index contributed by atoms with van der Waals surface area (Å²) in [5.74, 6) is -1.43. The Bertz CT molecular complexity index is 509. The summed E-state index contributed by atoms with van der Waals surface area (Å²) in [5, 5.41) is 13.3. The third-order valence-corrected chi connectivity index (χ3v) is 3.84. The van der Waals surface area contributed by atoms with Crippen molar-refractivity contribution in [3.8, 4) is 0 Å². The molecule has 1 aromatic rings. The fourth-order valence-corrected chi connectivity index (χ4v) is 2.60. The highest BCUT2D eigenvalue weighted by Gasteiger charge is 2.39. The normalized spacial score (nSPS) is 22.8. The Morgan fingerprint density at radius 1 is 1.53 bits per heavy atom. The van der Waals surface area contributed by atoms with Gasteiger partial charge in [-0.15, -0.1) is 0 Å². The lowest BCUT2D eigenvalue weighted by atomic mass is 10.0. The minimum atomic E-state index is -0.831. The van der Waals surface area contributed by atoms with Gasteiger partial charge in [-0.2, -0.15) is 5.10 Å². The number of carboxylic acids is 1. The molecule has 1 fully saturated rings. The molecule has 0 spiro atoms. The van der Waals surface area contributed by atoms with Crippen LogP contribution in [0.4, 0.5) is 0 Å². The molecule has 19 heavy (non-hydrogen) atoms. The van der Waals surface area contributed by atoms with E-state index in [9.17, 15) is 9.59 Å². The first kappa shape index (κ1) is 13.6. The number of carbonyl (C=O) groups is 2. The number of hydrogen-bond acceptors (Lipinski definition) is 3. The number of aromatic nitrogens is 2. The molecule has 1 aliphatic heterocycles. The van der Waals surface area contributed by atoms with Crippen LogP contribution in [0, 0.1) is 5.92 Å². The van der Waals surface area contributed by atoms with E-state index in [0.29, 0.717) is 18.7 Å². The van der Waals surface area contributed by atoms with Crippen molar-refractivity contribution in [1.82, 2.24) is 14.7 Å². The summed E-state index contributed by atoms with van der Waals surface area (Å²) in [5.41, 5.74) is 1.39. The summed E-state index contributed by atoms with van der Waals surface area (Å²) in [6.07, 6.45) is 1.29. The van der Waals surface area contributed by atoms with Crippen molar-refractivity contribution in [1.29, 1.82) is 0 Å². The van der Waals surface area contributed by atoms with Crippen LogP contribution < -0.4 is 0 Å². The number of rotatable bonds is 3. The third kappa shape index (κ3) is 2.34. The van der Waals surface area contributed by atoms with Crippen LogP contribution in [0.1, 0.15) is 36.5 Å². The first-order valence-electron chi connectivity index (χ1n) is 6.52. The first-order valence-corrected chi connectivity index (χ1v) is 6.52. The van der Waals surface area contributed by atoms with E-state index in [-0.39, 0.29) is 11.9 Å². The summed E-state index contributed by atoms with van der Waals surface area (Å²) in [6, 6.07) is 1.51. The zero-order chi connectivity index (χ0) is 14.2. The predicted molar refractivity (Wildman–Crippen MR) is 68.8 cm³/mol. The molecule has 1 N–H and O–H groups in total. The molecule has 1 aliphatic rings.